The Morgan fingerprint density at radius 2 is 1.61 bits per heavy atom. The van der Waals surface area contributed by atoms with Gasteiger partial charge in [-0.3, -0.25) is 14.5 Å². The lowest BCUT2D eigenvalue weighted by atomic mass is 10.0. The van der Waals surface area contributed by atoms with Crippen molar-refractivity contribution in [3.05, 3.63) is 75.8 Å². The molecule has 3 nitrogen and oxygen atoms in total. The van der Waals surface area contributed by atoms with Crippen molar-refractivity contribution in [2.24, 2.45) is 0 Å². The largest absolute Gasteiger partial charge is 0.273 e. The Kier molecular flexibility index (Phi) is 4.05. The van der Waals surface area contributed by atoms with Gasteiger partial charge in [0.25, 0.3) is 11.8 Å². The highest BCUT2D eigenvalue weighted by molar-refractivity contribution is 6.55. The van der Waals surface area contributed by atoms with E-state index in [-0.39, 0.29) is 23.1 Å². The Labute approximate surface area is 140 Å². The van der Waals surface area contributed by atoms with Crippen molar-refractivity contribution >= 4 is 29.0 Å². The third kappa shape index (κ3) is 2.80. The zero-order chi connectivity index (χ0) is 16.6. The summed E-state index contributed by atoms with van der Waals surface area (Å²) >= 11 is 6.18. The van der Waals surface area contributed by atoms with Crippen molar-refractivity contribution in [3.63, 3.8) is 0 Å². The summed E-state index contributed by atoms with van der Waals surface area (Å²) in [6, 6.07) is 15.0. The van der Waals surface area contributed by atoms with Crippen molar-refractivity contribution in [1.82, 2.24) is 4.90 Å². The van der Waals surface area contributed by atoms with Crippen LogP contribution in [0.15, 0.2) is 53.6 Å². The molecule has 0 radical (unpaired) electrons. The van der Waals surface area contributed by atoms with Gasteiger partial charge in [0, 0.05) is 0 Å². The molecule has 0 N–H and O–H groups in total. The molecule has 0 atom stereocenters. The highest BCUT2D eigenvalue weighted by atomic mass is 35.5. The minimum absolute atomic E-state index is 0.00539. The van der Waals surface area contributed by atoms with Crippen molar-refractivity contribution < 1.29 is 9.59 Å². The van der Waals surface area contributed by atoms with Crippen LogP contribution in [0.5, 0.6) is 0 Å². The van der Waals surface area contributed by atoms with Gasteiger partial charge >= 0.3 is 0 Å². The quantitative estimate of drug-likeness (QED) is 0.804. The second kappa shape index (κ2) is 6.01. The molecule has 3 rings (SSSR count). The van der Waals surface area contributed by atoms with Gasteiger partial charge in [-0.15, -0.1) is 0 Å². The molecule has 23 heavy (non-hydrogen) atoms. The first-order valence-electron chi connectivity index (χ1n) is 7.36. The number of halogens is 1. The van der Waals surface area contributed by atoms with E-state index in [0.717, 1.165) is 16.7 Å². The van der Waals surface area contributed by atoms with E-state index >= 15 is 0 Å². The average Bonchev–Trinajstić information content (AvgIpc) is 2.75. The van der Waals surface area contributed by atoms with E-state index in [0.29, 0.717) is 5.56 Å². The first kappa shape index (κ1) is 15.5. The summed E-state index contributed by atoms with van der Waals surface area (Å²) in [5, 5.41) is -0.00539. The molecule has 2 amide bonds. The molecular weight excluding hydrogens is 310 g/mol. The van der Waals surface area contributed by atoms with Crippen LogP contribution >= 0.6 is 11.6 Å². The lowest BCUT2D eigenvalue weighted by molar-refractivity contribution is -0.137. The normalized spacial score (nSPS) is 14.8. The molecule has 1 aliphatic heterocycles. The molecule has 0 unspecified atom stereocenters. The second-order valence-corrected chi connectivity index (χ2v) is 6.05. The second-order valence-electron chi connectivity index (χ2n) is 5.67. The first-order chi connectivity index (χ1) is 11.0. The van der Waals surface area contributed by atoms with Crippen LogP contribution in [-0.2, 0) is 16.1 Å². The number of nitrogens with zero attached hydrogens (tertiary/aromatic N) is 1. The van der Waals surface area contributed by atoms with Gasteiger partial charge in [-0.2, -0.15) is 0 Å². The molecule has 1 heterocycles. The molecule has 116 valence electrons. The van der Waals surface area contributed by atoms with Crippen LogP contribution in [0.1, 0.15) is 22.3 Å². The topological polar surface area (TPSA) is 37.4 Å². The summed E-state index contributed by atoms with van der Waals surface area (Å²) < 4.78 is 0. The Morgan fingerprint density at radius 1 is 0.913 bits per heavy atom. The molecule has 0 fully saturated rings. The van der Waals surface area contributed by atoms with Crippen molar-refractivity contribution in [1.29, 1.82) is 0 Å². The highest BCUT2D eigenvalue weighted by Gasteiger charge is 2.38. The van der Waals surface area contributed by atoms with Crippen molar-refractivity contribution in [2.45, 2.75) is 20.4 Å². The summed E-state index contributed by atoms with van der Waals surface area (Å²) in [5.74, 6) is -0.777. The molecule has 0 aliphatic carbocycles. The number of amides is 2. The van der Waals surface area contributed by atoms with Gasteiger partial charge in [0.05, 0.1) is 12.1 Å². The summed E-state index contributed by atoms with van der Waals surface area (Å²) in [6.07, 6.45) is 0. The van der Waals surface area contributed by atoms with Gasteiger partial charge in [-0.1, -0.05) is 60.1 Å². The number of benzene rings is 2. The maximum Gasteiger partial charge on any atom is 0.273 e. The van der Waals surface area contributed by atoms with Gasteiger partial charge in [-0.25, -0.2) is 0 Å². The number of carbonyl (C=O) groups is 2. The van der Waals surface area contributed by atoms with Crippen molar-refractivity contribution in [2.75, 3.05) is 0 Å². The number of hydrogen-bond acceptors (Lipinski definition) is 2. The Morgan fingerprint density at radius 3 is 2.26 bits per heavy atom. The Bertz CT molecular complexity index is 825. The lowest BCUT2D eigenvalue weighted by Crippen LogP contribution is -2.30. The van der Waals surface area contributed by atoms with E-state index < -0.39 is 5.91 Å². The molecular formula is C19H16ClNO2. The SMILES string of the molecule is Cc1ccc(C2=C(Cl)C(=O)N(Cc3ccccc3)C2=O)cc1C. The summed E-state index contributed by atoms with van der Waals surface area (Å²) in [5.41, 5.74) is 4.05. The number of hydrogen-bond donors (Lipinski definition) is 0. The monoisotopic (exact) mass is 325 g/mol. The van der Waals surface area contributed by atoms with Crippen LogP contribution in [-0.4, -0.2) is 16.7 Å². The van der Waals surface area contributed by atoms with E-state index in [1.807, 2.05) is 62.4 Å². The molecule has 0 spiro atoms. The molecule has 2 aromatic carbocycles. The number of aryl methyl sites for hydroxylation is 2. The Hall–Kier alpha value is -2.39. The van der Waals surface area contributed by atoms with E-state index in [4.69, 9.17) is 11.6 Å². The zero-order valence-corrected chi connectivity index (χ0v) is 13.7. The predicted molar refractivity (Wildman–Crippen MR) is 90.7 cm³/mol. The van der Waals surface area contributed by atoms with E-state index in [1.165, 1.54) is 4.90 Å². The number of carbonyl (C=O) groups excluding carboxylic acids is 2. The van der Waals surface area contributed by atoms with Gasteiger partial charge in [0.2, 0.25) is 0 Å². The van der Waals surface area contributed by atoms with Crippen LogP contribution < -0.4 is 0 Å². The lowest BCUT2D eigenvalue weighted by Gasteiger charge is -2.15. The highest BCUT2D eigenvalue weighted by Crippen LogP contribution is 2.33. The summed E-state index contributed by atoms with van der Waals surface area (Å²) in [6.45, 7) is 4.19. The maximum absolute atomic E-state index is 12.7. The molecule has 1 aliphatic rings. The average molecular weight is 326 g/mol. The molecule has 0 saturated carbocycles. The van der Waals surface area contributed by atoms with Gasteiger partial charge in [0.15, 0.2) is 0 Å². The van der Waals surface area contributed by atoms with E-state index in [9.17, 15) is 9.59 Å². The van der Waals surface area contributed by atoms with E-state index in [1.54, 1.807) is 0 Å². The molecule has 2 aromatic rings. The minimum Gasteiger partial charge on any atom is -0.269 e. The fraction of sp³-hybridized carbons (Fsp3) is 0.158. The van der Waals surface area contributed by atoms with Gasteiger partial charge in [0.1, 0.15) is 5.03 Å². The van der Waals surface area contributed by atoms with Crippen LogP contribution in [0.4, 0.5) is 0 Å². The Balaban J connectivity index is 1.94. The molecule has 4 heteroatoms. The third-order valence-electron chi connectivity index (χ3n) is 4.09. The van der Waals surface area contributed by atoms with Crippen LogP contribution in [0, 0.1) is 13.8 Å². The minimum atomic E-state index is -0.436. The van der Waals surface area contributed by atoms with Crippen LogP contribution in [0.25, 0.3) is 5.57 Å². The van der Waals surface area contributed by atoms with Crippen LogP contribution in [0.3, 0.4) is 0 Å². The fourth-order valence-corrected chi connectivity index (χ4v) is 2.90. The smallest absolute Gasteiger partial charge is 0.269 e. The van der Waals surface area contributed by atoms with Crippen LogP contribution in [0.2, 0.25) is 0 Å². The molecule has 0 bridgehead atoms. The van der Waals surface area contributed by atoms with Gasteiger partial charge in [-0.05, 0) is 36.1 Å². The fourth-order valence-electron chi connectivity index (χ4n) is 2.60. The third-order valence-corrected chi connectivity index (χ3v) is 4.44. The standard InChI is InChI=1S/C19H16ClNO2/c1-12-8-9-15(10-13(12)2)16-17(20)19(23)21(18(16)22)11-14-6-4-3-5-7-14/h3-10H,11H2,1-2H3. The maximum atomic E-state index is 12.7. The molecule has 0 aromatic heterocycles. The van der Waals surface area contributed by atoms with E-state index in [2.05, 4.69) is 0 Å². The van der Waals surface area contributed by atoms with Gasteiger partial charge < -0.3 is 0 Å². The summed E-state index contributed by atoms with van der Waals surface area (Å²) in [7, 11) is 0. The summed E-state index contributed by atoms with van der Waals surface area (Å²) in [4.78, 5) is 26.3. The number of rotatable bonds is 3. The zero-order valence-electron chi connectivity index (χ0n) is 13.0. The first-order valence-corrected chi connectivity index (χ1v) is 7.74. The van der Waals surface area contributed by atoms with Crippen molar-refractivity contribution in [3.8, 4) is 0 Å². The number of imide groups is 1. The predicted octanol–water partition coefficient (Wildman–Crippen LogP) is 3.82. The molecule has 0 saturated heterocycles.